The Morgan fingerprint density at radius 2 is 1.81 bits per heavy atom. The van der Waals surface area contributed by atoms with Crippen LogP contribution in [0.25, 0.3) is 10.9 Å². The lowest BCUT2D eigenvalue weighted by Gasteiger charge is -2.11. The van der Waals surface area contributed by atoms with Gasteiger partial charge in [0, 0.05) is 22.7 Å². The van der Waals surface area contributed by atoms with Crippen LogP contribution in [-0.4, -0.2) is 11.0 Å². The molecule has 0 saturated carbocycles. The molecule has 1 unspecified atom stereocenters. The zero-order chi connectivity index (χ0) is 14.7. The predicted octanol–water partition coefficient (Wildman–Crippen LogP) is 2.91. The molecule has 0 radical (unpaired) electrons. The Bertz CT molecular complexity index is 750. The number of aromatic nitrogens is 1. The maximum absolute atomic E-state index is 12.1. The molecule has 0 aliphatic heterocycles. The molecule has 1 aromatic heterocycles. The first-order valence-corrected chi connectivity index (χ1v) is 6.78. The van der Waals surface area contributed by atoms with Gasteiger partial charge in [-0.3, -0.25) is 0 Å². The molecular formula is C17H16N2O2. The molecule has 0 amide bonds. The SMILES string of the molecule is NC(C(=O)OCc1ccccc1)c1c[nH]c2ccccc12. The minimum Gasteiger partial charge on any atom is -0.459 e. The van der Waals surface area contributed by atoms with Crippen LogP contribution in [0.1, 0.15) is 17.2 Å². The van der Waals surface area contributed by atoms with Gasteiger partial charge in [0.1, 0.15) is 12.6 Å². The lowest BCUT2D eigenvalue weighted by Crippen LogP contribution is -2.23. The van der Waals surface area contributed by atoms with Crippen LogP contribution in [0.3, 0.4) is 0 Å². The van der Waals surface area contributed by atoms with Crippen molar-refractivity contribution in [1.29, 1.82) is 0 Å². The van der Waals surface area contributed by atoms with E-state index >= 15 is 0 Å². The fourth-order valence-corrected chi connectivity index (χ4v) is 2.30. The van der Waals surface area contributed by atoms with Crippen molar-refractivity contribution >= 4 is 16.9 Å². The summed E-state index contributed by atoms with van der Waals surface area (Å²) in [5, 5.41) is 0.946. The van der Waals surface area contributed by atoms with Gasteiger partial charge < -0.3 is 15.5 Å². The minimum absolute atomic E-state index is 0.232. The van der Waals surface area contributed by atoms with E-state index in [9.17, 15) is 4.79 Å². The third-order valence-electron chi connectivity index (χ3n) is 3.43. The quantitative estimate of drug-likeness (QED) is 0.722. The summed E-state index contributed by atoms with van der Waals surface area (Å²) in [6.45, 7) is 0.232. The predicted molar refractivity (Wildman–Crippen MR) is 81.5 cm³/mol. The molecule has 0 fully saturated rings. The maximum Gasteiger partial charge on any atom is 0.327 e. The average molecular weight is 280 g/mol. The molecule has 4 heteroatoms. The van der Waals surface area contributed by atoms with E-state index in [1.54, 1.807) is 6.20 Å². The molecule has 0 aliphatic carbocycles. The number of para-hydroxylation sites is 1. The third-order valence-corrected chi connectivity index (χ3v) is 3.43. The monoisotopic (exact) mass is 280 g/mol. The summed E-state index contributed by atoms with van der Waals surface area (Å²) in [5.41, 5.74) is 8.67. The fourth-order valence-electron chi connectivity index (χ4n) is 2.30. The highest BCUT2D eigenvalue weighted by Gasteiger charge is 2.20. The van der Waals surface area contributed by atoms with Crippen molar-refractivity contribution in [2.75, 3.05) is 0 Å². The van der Waals surface area contributed by atoms with E-state index in [4.69, 9.17) is 10.5 Å². The normalized spacial score (nSPS) is 12.2. The number of ether oxygens (including phenoxy) is 1. The summed E-state index contributed by atoms with van der Waals surface area (Å²) in [6, 6.07) is 16.5. The first kappa shape index (κ1) is 13.4. The summed E-state index contributed by atoms with van der Waals surface area (Å²) >= 11 is 0. The van der Waals surface area contributed by atoms with E-state index in [-0.39, 0.29) is 6.61 Å². The van der Waals surface area contributed by atoms with E-state index in [1.807, 2.05) is 54.6 Å². The number of hydrogen-bond acceptors (Lipinski definition) is 3. The zero-order valence-corrected chi connectivity index (χ0v) is 11.5. The Labute approximate surface area is 122 Å². The molecule has 0 aliphatic rings. The number of H-pyrrole nitrogens is 1. The van der Waals surface area contributed by atoms with Crippen molar-refractivity contribution in [2.24, 2.45) is 5.73 Å². The van der Waals surface area contributed by atoms with Crippen LogP contribution in [0.5, 0.6) is 0 Å². The van der Waals surface area contributed by atoms with Gasteiger partial charge in [-0.2, -0.15) is 0 Å². The number of hydrogen-bond donors (Lipinski definition) is 2. The highest BCUT2D eigenvalue weighted by atomic mass is 16.5. The fraction of sp³-hybridized carbons (Fsp3) is 0.118. The number of benzene rings is 2. The second-order valence-corrected chi connectivity index (χ2v) is 4.86. The molecule has 2 aromatic carbocycles. The Morgan fingerprint density at radius 1 is 1.10 bits per heavy atom. The third kappa shape index (κ3) is 2.80. The summed E-state index contributed by atoms with van der Waals surface area (Å²) in [6.07, 6.45) is 1.76. The molecule has 1 atom stereocenters. The van der Waals surface area contributed by atoms with Gasteiger partial charge in [-0.25, -0.2) is 4.79 Å². The van der Waals surface area contributed by atoms with Gasteiger partial charge in [0.05, 0.1) is 0 Å². The van der Waals surface area contributed by atoms with Gasteiger partial charge in [0.15, 0.2) is 0 Å². The molecule has 4 nitrogen and oxygen atoms in total. The Morgan fingerprint density at radius 3 is 2.62 bits per heavy atom. The van der Waals surface area contributed by atoms with Gasteiger partial charge >= 0.3 is 5.97 Å². The van der Waals surface area contributed by atoms with Gasteiger partial charge in [0.25, 0.3) is 0 Å². The van der Waals surface area contributed by atoms with E-state index < -0.39 is 12.0 Å². The van der Waals surface area contributed by atoms with E-state index in [1.165, 1.54) is 0 Å². The van der Waals surface area contributed by atoms with Crippen LogP contribution in [0.2, 0.25) is 0 Å². The average Bonchev–Trinajstić information content (AvgIpc) is 2.97. The van der Waals surface area contributed by atoms with Gasteiger partial charge in [-0.05, 0) is 11.6 Å². The second-order valence-electron chi connectivity index (χ2n) is 4.86. The minimum atomic E-state index is -0.787. The van der Waals surface area contributed by atoms with Crippen LogP contribution in [0.15, 0.2) is 60.8 Å². The molecule has 3 N–H and O–H groups in total. The molecule has 3 aromatic rings. The smallest absolute Gasteiger partial charge is 0.327 e. The molecule has 0 bridgehead atoms. The molecule has 0 saturated heterocycles. The lowest BCUT2D eigenvalue weighted by atomic mass is 10.1. The highest BCUT2D eigenvalue weighted by molar-refractivity contribution is 5.89. The van der Waals surface area contributed by atoms with Crippen LogP contribution in [0.4, 0.5) is 0 Å². The summed E-state index contributed by atoms with van der Waals surface area (Å²) in [4.78, 5) is 15.2. The zero-order valence-electron chi connectivity index (χ0n) is 11.5. The summed E-state index contributed by atoms with van der Waals surface area (Å²) in [5.74, 6) is -0.427. The van der Waals surface area contributed by atoms with E-state index in [0.717, 1.165) is 22.0 Å². The first-order chi connectivity index (χ1) is 10.3. The number of esters is 1. The molecule has 106 valence electrons. The summed E-state index contributed by atoms with van der Waals surface area (Å²) < 4.78 is 5.28. The molecule has 21 heavy (non-hydrogen) atoms. The van der Waals surface area contributed by atoms with Crippen molar-refractivity contribution < 1.29 is 9.53 Å². The number of carbonyl (C=O) groups excluding carboxylic acids is 1. The van der Waals surface area contributed by atoms with Crippen LogP contribution < -0.4 is 5.73 Å². The maximum atomic E-state index is 12.1. The number of rotatable bonds is 4. The van der Waals surface area contributed by atoms with Crippen molar-refractivity contribution in [2.45, 2.75) is 12.6 Å². The van der Waals surface area contributed by atoms with Crippen molar-refractivity contribution in [3.8, 4) is 0 Å². The number of nitrogens with two attached hydrogens (primary N) is 1. The number of aromatic amines is 1. The van der Waals surface area contributed by atoms with Crippen LogP contribution in [-0.2, 0) is 16.1 Å². The van der Waals surface area contributed by atoms with E-state index in [2.05, 4.69) is 4.98 Å². The topological polar surface area (TPSA) is 68.1 Å². The van der Waals surface area contributed by atoms with Crippen LogP contribution in [0, 0.1) is 0 Å². The Hall–Kier alpha value is -2.59. The largest absolute Gasteiger partial charge is 0.459 e. The second kappa shape index (κ2) is 5.81. The van der Waals surface area contributed by atoms with Crippen molar-refractivity contribution in [3.63, 3.8) is 0 Å². The van der Waals surface area contributed by atoms with E-state index in [0.29, 0.717) is 0 Å². The van der Waals surface area contributed by atoms with Gasteiger partial charge in [-0.15, -0.1) is 0 Å². The standard InChI is InChI=1S/C17H16N2O2/c18-16(14-10-19-15-9-5-4-8-13(14)15)17(20)21-11-12-6-2-1-3-7-12/h1-10,16,19H,11,18H2. The van der Waals surface area contributed by atoms with Gasteiger partial charge in [0.2, 0.25) is 0 Å². The molecular weight excluding hydrogens is 264 g/mol. The van der Waals surface area contributed by atoms with Crippen molar-refractivity contribution in [1.82, 2.24) is 4.98 Å². The first-order valence-electron chi connectivity index (χ1n) is 6.78. The van der Waals surface area contributed by atoms with Crippen LogP contribution >= 0.6 is 0 Å². The van der Waals surface area contributed by atoms with Gasteiger partial charge in [-0.1, -0.05) is 48.5 Å². The Balaban J connectivity index is 1.72. The molecule has 0 spiro atoms. The number of nitrogens with one attached hydrogen (secondary N) is 1. The van der Waals surface area contributed by atoms with Crippen molar-refractivity contribution in [3.05, 3.63) is 71.9 Å². The lowest BCUT2D eigenvalue weighted by molar-refractivity contribution is -0.146. The molecule has 3 rings (SSSR count). The summed E-state index contributed by atoms with van der Waals surface area (Å²) in [7, 11) is 0. The number of fused-ring (bicyclic) bond motifs is 1. The molecule has 1 heterocycles. The number of carbonyl (C=O) groups is 1. The Kier molecular flexibility index (Phi) is 3.71. The highest BCUT2D eigenvalue weighted by Crippen LogP contribution is 2.23.